The molecule has 2 fully saturated rings. The van der Waals surface area contributed by atoms with E-state index in [1.165, 1.54) is 11.2 Å². The highest BCUT2D eigenvalue weighted by atomic mass is 16.6. The fraction of sp³-hybridized carbons (Fsp3) is 0.706. The van der Waals surface area contributed by atoms with Crippen LogP contribution in [0.15, 0.2) is 15.0 Å². The van der Waals surface area contributed by atoms with Crippen molar-refractivity contribution in [3.05, 3.63) is 0 Å². The fourth-order valence-electron chi connectivity index (χ4n) is 4.84. The Kier molecular flexibility index (Phi) is 3.89. The minimum atomic E-state index is -1.81. The van der Waals surface area contributed by atoms with E-state index in [-0.39, 0.29) is 11.7 Å². The Hall–Kier alpha value is -2.59. The lowest BCUT2D eigenvalue weighted by Gasteiger charge is -2.37. The number of hydrogen-bond donors (Lipinski definition) is 5. The molecule has 4 rings (SSSR count). The first-order chi connectivity index (χ1) is 13.6. The van der Waals surface area contributed by atoms with Gasteiger partial charge in [0.2, 0.25) is 6.17 Å². The van der Waals surface area contributed by atoms with Crippen molar-refractivity contribution < 1.29 is 24.9 Å². The first kappa shape index (κ1) is 19.7. The zero-order valence-corrected chi connectivity index (χ0v) is 16.2. The summed E-state index contributed by atoms with van der Waals surface area (Å²) in [4.78, 5) is 26.5. The second-order valence-electron chi connectivity index (χ2n) is 8.00. The molecular weight excluding hydrogens is 382 g/mol. The second kappa shape index (κ2) is 5.73. The van der Waals surface area contributed by atoms with Crippen LogP contribution in [0.2, 0.25) is 0 Å². The summed E-state index contributed by atoms with van der Waals surface area (Å²) in [6, 6.07) is 1.94. The van der Waals surface area contributed by atoms with Crippen LogP contribution in [0.4, 0.5) is 0 Å². The normalized spacial score (nSPS) is 45.3. The largest absolute Gasteiger partial charge is 0.394 e. The van der Waals surface area contributed by atoms with Crippen molar-refractivity contribution >= 4 is 23.9 Å². The molecule has 2 unspecified atom stereocenters. The molecule has 6 atom stereocenters. The number of amides is 1. The third kappa shape index (κ3) is 1.91. The van der Waals surface area contributed by atoms with Crippen LogP contribution < -0.4 is 11.1 Å². The number of nitrogens with zero attached hydrogens (tertiary/aromatic N) is 5. The fourth-order valence-corrected chi connectivity index (χ4v) is 4.84. The Morgan fingerprint density at radius 1 is 1.48 bits per heavy atom. The number of hydrogen-bond acceptors (Lipinski definition) is 10. The summed E-state index contributed by atoms with van der Waals surface area (Å²) in [5, 5.41) is 44.1. The van der Waals surface area contributed by atoms with E-state index < -0.39 is 53.2 Å². The van der Waals surface area contributed by atoms with Crippen LogP contribution in [0.3, 0.4) is 0 Å². The summed E-state index contributed by atoms with van der Waals surface area (Å²) < 4.78 is 5.74. The van der Waals surface area contributed by atoms with Crippen molar-refractivity contribution in [2.75, 3.05) is 13.2 Å². The number of carbonyl (C=O) groups is 1. The average molecular weight is 405 g/mol. The van der Waals surface area contributed by atoms with Gasteiger partial charge in [0, 0.05) is 12.0 Å². The molecule has 156 valence electrons. The number of nitrogens with one attached hydrogen (secondary N) is 1. The van der Waals surface area contributed by atoms with Crippen molar-refractivity contribution in [1.82, 2.24) is 10.2 Å². The number of carbonyl (C=O) groups excluding carboxylic acids is 1. The Bertz CT molecular complexity index is 910. The van der Waals surface area contributed by atoms with Crippen LogP contribution >= 0.6 is 0 Å². The van der Waals surface area contributed by atoms with Crippen molar-refractivity contribution in [3.8, 4) is 6.07 Å². The average Bonchev–Trinajstić information content (AvgIpc) is 3.02. The molecule has 3 heterocycles. The number of rotatable bonds is 4. The van der Waals surface area contributed by atoms with Gasteiger partial charge in [-0.1, -0.05) is 13.8 Å². The molecule has 12 heteroatoms. The highest BCUT2D eigenvalue weighted by Crippen LogP contribution is 2.73. The molecule has 1 amide bonds. The SMILES string of the molecule is CCN=C1NC(C#N)N=C2N([C@@H]3O[C@H](CO)[C@@]4(O)C(C)(C)[C@@]34O)C=NC12C(N)=O. The number of aliphatic imine (C=N–C) groups is 3. The molecule has 0 spiro atoms. The van der Waals surface area contributed by atoms with Gasteiger partial charge in [0.1, 0.15) is 29.2 Å². The summed E-state index contributed by atoms with van der Waals surface area (Å²) in [5.74, 6) is -0.846. The Balaban J connectivity index is 1.83. The number of primary amides is 1. The quantitative estimate of drug-likeness (QED) is 0.328. The summed E-state index contributed by atoms with van der Waals surface area (Å²) >= 11 is 0. The molecule has 1 saturated carbocycles. The number of ether oxygens (including phenoxy) is 1. The predicted molar refractivity (Wildman–Crippen MR) is 99.6 cm³/mol. The van der Waals surface area contributed by atoms with E-state index in [1.54, 1.807) is 20.8 Å². The molecule has 0 bridgehead atoms. The molecule has 1 aliphatic carbocycles. The Morgan fingerprint density at radius 3 is 2.69 bits per heavy atom. The van der Waals surface area contributed by atoms with Gasteiger partial charge in [0.25, 0.3) is 11.4 Å². The molecule has 29 heavy (non-hydrogen) atoms. The van der Waals surface area contributed by atoms with Crippen LogP contribution in [-0.4, -0.2) is 92.5 Å². The number of nitriles is 1. The van der Waals surface area contributed by atoms with E-state index in [2.05, 4.69) is 20.3 Å². The summed E-state index contributed by atoms with van der Waals surface area (Å²) in [7, 11) is 0. The van der Waals surface area contributed by atoms with Gasteiger partial charge in [-0.05, 0) is 6.92 Å². The van der Waals surface area contributed by atoms with E-state index in [4.69, 9.17) is 10.5 Å². The van der Waals surface area contributed by atoms with E-state index in [1.807, 2.05) is 6.07 Å². The van der Waals surface area contributed by atoms with Crippen LogP contribution in [-0.2, 0) is 9.53 Å². The van der Waals surface area contributed by atoms with Gasteiger partial charge in [-0.25, -0.2) is 9.98 Å². The minimum absolute atomic E-state index is 0.0374. The zero-order chi connectivity index (χ0) is 21.4. The van der Waals surface area contributed by atoms with Crippen molar-refractivity contribution in [3.63, 3.8) is 0 Å². The second-order valence-corrected chi connectivity index (χ2v) is 8.00. The third-order valence-corrected chi connectivity index (χ3v) is 6.57. The lowest BCUT2D eigenvalue weighted by molar-refractivity contribution is -0.123. The number of fused-ring (bicyclic) bond motifs is 2. The molecule has 12 nitrogen and oxygen atoms in total. The molecule has 6 N–H and O–H groups in total. The molecule has 0 aromatic rings. The standard InChI is InChI=1S/C17H23N7O5/c1-4-20-11-15(10(19)26)12(23-9(5-18)22-11)24(7-21-15)13-17(28)14(2,3)16(17,27)8(6-25)29-13/h7-9,13,25,27-28H,4,6H2,1-3H3,(H2,19,26)(H,20,22)/t8-,9?,13-,15?,16-,17+/m1/s1. The molecule has 0 radical (unpaired) electrons. The van der Waals surface area contributed by atoms with Crippen LogP contribution in [0.25, 0.3) is 0 Å². The topological polar surface area (TPSA) is 189 Å². The van der Waals surface area contributed by atoms with Gasteiger partial charge < -0.3 is 31.1 Å². The van der Waals surface area contributed by atoms with Crippen LogP contribution in [0, 0.1) is 16.7 Å². The molecular formula is C17H23N7O5. The molecule has 3 aliphatic heterocycles. The maximum absolute atomic E-state index is 12.5. The van der Waals surface area contributed by atoms with Crippen molar-refractivity contribution in [1.29, 1.82) is 5.26 Å². The third-order valence-electron chi connectivity index (χ3n) is 6.57. The predicted octanol–water partition coefficient (Wildman–Crippen LogP) is -2.96. The minimum Gasteiger partial charge on any atom is -0.394 e. The highest BCUT2D eigenvalue weighted by Gasteiger charge is 2.93. The first-order valence-corrected chi connectivity index (χ1v) is 9.21. The zero-order valence-electron chi connectivity index (χ0n) is 16.2. The van der Waals surface area contributed by atoms with E-state index in [0.29, 0.717) is 6.54 Å². The van der Waals surface area contributed by atoms with E-state index in [9.17, 15) is 25.4 Å². The van der Waals surface area contributed by atoms with Gasteiger partial charge in [-0.15, -0.1) is 0 Å². The number of aliphatic hydroxyl groups is 3. The first-order valence-electron chi connectivity index (χ1n) is 9.21. The van der Waals surface area contributed by atoms with E-state index >= 15 is 0 Å². The number of nitrogens with two attached hydrogens (primary N) is 1. The van der Waals surface area contributed by atoms with Crippen molar-refractivity contribution in [2.45, 2.75) is 56.0 Å². The van der Waals surface area contributed by atoms with Crippen molar-refractivity contribution in [2.24, 2.45) is 26.1 Å². The van der Waals surface area contributed by atoms with Gasteiger partial charge >= 0.3 is 0 Å². The maximum atomic E-state index is 12.5. The molecule has 0 aromatic carbocycles. The smallest absolute Gasteiger partial charge is 0.261 e. The van der Waals surface area contributed by atoms with Gasteiger partial charge in [-0.2, -0.15) is 5.26 Å². The molecule has 0 aromatic heterocycles. The van der Waals surface area contributed by atoms with Gasteiger partial charge in [0.15, 0.2) is 12.1 Å². The summed E-state index contributed by atoms with van der Waals surface area (Å²) in [6.07, 6.45) is -2.12. The van der Waals surface area contributed by atoms with Gasteiger partial charge in [-0.3, -0.25) is 14.7 Å². The molecule has 1 saturated heterocycles. The highest BCUT2D eigenvalue weighted by molar-refractivity contribution is 6.35. The van der Waals surface area contributed by atoms with Crippen LogP contribution in [0.5, 0.6) is 0 Å². The van der Waals surface area contributed by atoms with E-state index in [0.717, 1.165) is 0 Å². The Labute approximate surface area is 166 Å². The Morgan fingerprint density at radius 2 is 2.17 bits per heavy atom. The summed E-state index contributed by atoms with van der Waals surface area (Å²) in [5.41, 5.74) is -0.667. The monoisotopic (exact) mass is 405 g/mol. The number of aliphatic hydroxyl groups excluding tert-OH is 1. The maximum Gasteiger partial charge on any atom is 0.261 e. The molecule has 4 aliphatic rings. The lowest BCUT2D eigenvalue weighted by Crippen LogP contribution is -2.66. The van der Waals surface area contributed by atoms with Gasteiger partial charge in [0.05, 0.1) is 12.9 Å². The number of amidine groups is 2. The lowest BCUT2D eigenvalue weighted by atomic mass is 9.93. The summed E-state index contributed by atoms with van der Waals surface area (Å²) in [6.45, 7) is 4.80. The van der Waals surface area contributed by atoms with Crippen LogP contribution in [0.1, 0.15) is 20.8 Å².